The molecule has 0 spiro atoms. The predicted molar refractivity (Wildman–Crippen MR) is 147 cm³/mol. The van der Waals surface area contributed by atoms with Crippen LogP contribution < -0.4 is 9.64 Å². The van der Waals surface area contributed by atoms with Gasteiger partial charge in [-0.1, -0.05) is 48.7 Å². The molecule has 2 atom stereocenters. The molecule has 2 aromatic rings. The number of halogens is 1. The van der Waals surface area contributed by atoms with E-state index in [-0.39, 0.29) is 24.4 Å². The van der Waals surface area contributed by atoms with E-state index in [1.165, 1.54) is 6.42 Å². The van der Waals surface area contributed by atoms with Crippen LogP contribution in [0, 0.1) is 0 Å². The fourth-order valence-electron chi connectivity index (χ4n) is 5.44. The summed E-state index contributed by atoms with van der Waals surface area (Å²) in [5.74, 6) is 0.835. The molecule has 3 fully saturated rings. The molecule has 2 heterocycles. The number of carbonyl (C=O) groups excluding carboxylic acids is 2. The topological polar surface area (TPSA) is 53.1 Å². The Morgan fingerprint density at radius 3 is 2.64 bits per heavy atom. The highest BCUT2D eigenvalue weighted by Gasteiger charge is 2.41. The SMILES string of the molecule is COc1ccccc1N1CCN(C(=O)CN2C(=O)/C(=C/c3cccc(Cl)c3)SC3CCCCC32)CC1. The number of nitrogens with zero attached hydrogens (tertiary/aromatic N) is 3. The third kappa shape index (κ3) is 5.37. The lowest BCUT2D eigenvalue weighted by molar-refractivity contribution is -0.140. The van der Waals surface area contributed by atoms with Gasteiger partial charge < -0.3 is 19.4 Å². The number of rotatable bonds is 5. The van der Waals surface area contributed by atoms with Gasteiger partial charge >= 0.3 is 0 Å². The largest absolute Gasteiger partial charge is 0.495 e. The molecule has 36 heavy (non-hydrogen) atoms. The first-order chi connectivity index (χ1) is 17.5. The molecule has 6 nitrogen and oxygen atoms in total. The second-order valence-corrected chi connectivity index (χ2v) is 11.3. The Kier molecular flexibility index (Phi) is 7.77. The summed E-state index contributed by atoms with van der Waals surface area (Å²) in [6.45, 7) is 2.88. The van der Waals surface area contributed by atoms with Crippen molar-refractivity contribution in [3.05, 3.63) is 64.0 Å². The molecule has 3 aliphatic rings. The molecule has 8 heteroatoms. The Hall–Kier alpha value is -2.64. The summed E-state index contributed by atoms with van der Waals surface area (Å²) < 4.78 is 5.51. The number of anilines is 1. The van der Waals surface area contributed by atoms with Crippen molar-refractivity contribution in [3.8, 4) is 5.75 Å². The number of amides is 2. The molecule has 0 aromatic heterocycles. The quantitative estimate of drug-likeness (QED) is 0.518. The van der Waals surface area contributed by atoms with Gasteiger partial charge in [0.15, 0.2) is 0 Å². The molecule has 2 aliphatic heterocycles. The van der Waals surface area contributed by atoms with E-state index >= 15 is 0 Å². The van der Waals surface area contributed by atoms with Gasteiger partial charge in [0.2, 0.25) is 5.91 Å². The van der Waals surface area contributed by atoms with E-state index in [2.05, 4.69) is 11.0 Å². The lowest BCUT2D eigenvalue weighted by Gasteiger charge is -2.45. The zero-order chi connectivity index (χ0) is 25.1. The van der Waals surface area contributed by atoms with Crippen LogP contribution in [0.1, 0.15) is 31.2 Å². The molecule has 5 rings (SSSR count). The molecule has 2 saturated heterocycles. The number of thioether (sulfide) groups is 1. The maximum absolute atomic E-state index is 13.6. The molecule has 2 unspecified atom stereocenters. The van der Waals surface area contributed by atoms with Gasteiger partial charge in [-0.3, -0.25) is 9.59 Å². The Bertz CT molecular complexity index is 1150. The normalized spacial score (nSPS) is 23.6. The summed E-state index contributed by atoms with van der Waals surface area (Å²) >= 11 is 7.84. The summed E-state index contributed by atoms with van der Waals surface area (Å²) in [5.41, 5.74) is 1.96. The van der Waals surface area contributed by atoms with Gasteiger partial charge in [-0.15, -0.1) is 11.8 Å². The fraction of sp³-hybridized carbons (Fsp3) is 0.429. The molecular weight excluding hydrogens is 494 g/mol. The van der Waals surface area contributed by atoms with Crippen molar-refractivity contribution in [2.24, 2.45) is 0 Å². The van der Waals surface area contributed by atoms with Crippen molar-refractivity contribution >= 4 is 46.9 Å². The van der Waals surface area contributed by atoms with Gasteiger partial charge in [-0.25, -0.2) is 0 Å². The lowest BCUT2D eigenvalue weighted by Crippen LogP contribution is -2.57. The number of ether oxygens (including phenoxy) is 1. The average Bonchev–Trinajstić information content (AvgIpc) is 2.91. The Morgan fingerprint density at radius 1 is 1.08 bits per heavy atom. The van der Waals surface area contributed by atoms with Gasteiger partial charge in [0, 0.05) is 42.5 Å². The van der Waals surface area contributed by atoms with Crippen molar-refractivity contribution in [3.63, 3.8) is 0 Å². The van der Waals surface area contributed by atoms with Crippen molar-refractivity contribution in [2.75, 3.05) is 44.7 Å². The van der Waals surface area contributed by atoms with Crippen molar-refractivity contribution in [2.45, 2.75) is 37.0 Å². The fourth-order valence-corrected chi connectivity index (χ4v) is 7.11. The second-order valence-electron chi connectivity index (χ2n) is 9.54. The molecule has 190 valence electrons. The van der Waals surface area contributed by atoms with Gasteiger partial charge in [0.25, 0.3) is 5.91 Å². The van der Waals surface area contributed by atoms with Crippen molar-refractivity contribution < 1.29 is 14.3 Å². The Morgan fingerprint density at radius 2 is 1.86 bits per heavy atom. The molecule has 0 N–H and O–H groups in total. The highest BCUT2D eigenvalue weighted by atomic mass is 35.5. The maximum Gasteiger partial charge on any atom is 0.261 e. The van der Waals surface area contributed by atoms with Crippen LogP contribution in [0.25, 0.3) is 6.08 Å². The Labute approximate surface area is 222 Å². The summed E-state index contributed by atoms with van der Waals surface area (Å²) in [6.07, 6.45) is 6.22. The molecule has 0 bridgehead atoms. The smallest absolute Gasteiger partial charge is 0.261 e. The van der Waals surface area contributed by atoms with Crippen molar-refractivity contribution in [1.82, 2.24) is 9.80 Å². The summed E-state index contributed by atoms with van der Waals surface area (Å²) in [4.78, 5) is 33.7. The van der Waals surface area contributed by atoms with Crippen LogP contribution >= 0.6 is 23.4 Å². The molecule has 1 aliphatic carbocycles. The van der Waals surface area contributed by atoms with Crippen LogP contribution in [-0.4, -0.2) is 72.7 Å². The monoisotopic (exact) mass is 525 g/mol. The predicted octanol–water partition coefficient (Wildman–Crippen LogP) is 4.92. The first-order valence-electron chi connectivity index (χ1n) is 12.6. The van der Waals surface area contributed by atoms with E-state index in [0.717, 1.165) is 49.4 Å². The van der Waals surface area contributed by atoms with E-state index in [0.29, 0.717) is 28.3 Å². The minimum Gasteiger partial charge on any atom is -0.495 e. The van der Waals surface area contributed by atoms with Gasteiger partial charge in [0.1, 0.15) is 12.3 Å². The number of benzene rings is 2. The van der Waals surface area contributed by atoms with Crippen LogP contribution in [-0.2, 0) is 9.59 Å². The number of methoxy groups -OCH3 is 1. The molecular formula is C28H32ClN3O3S. The highest BCUT2D eigenvalue weighted by Crippen LogP contribution is 2.42. The van der Waals surface area contributed by atoms with Gasteiger partial charge in [0.05, 0.1) is 17.7 Å². The second kappa shape index (κ2) is 11.2. The van der Waals surface area contributed by atoms with Crippen LogP contribution in [0.15, 0.2) is 53.4 Å². The van der Waals surface area contributed by atoms with Crippen LogP contribution in [0.2, 0.25) is 5.02 Å². The lowest BCUT2D eigenvalue weighted by atomic mass is 9.93. The molecule has 2 aromatic carbocycles. The highest BCUT2D eigenvalue weighted by molar-refractivity contribution is 8.04. The van der Waals surface area contributed by atoms with E-state index in [9.17, 15) is 9.59 Å². The summed E-state index contributed by atoms with van der Waals surface area (Å²) in [7, 11) is 1.68. The van der Waals surface area contributed by atoms with Crippen molar-refractivity contribution in [1.29, 1.82) is 0 Å². The molecule has 0 radical (unpaired) electrons. The minimum atomic E-state index is -0.0378. The molecule has 1 saturated carbocycles. The number of piperazine rings is 1. The third-order valence-corrected chi connectivity index (χ3v) is 8.96. The minimum absolute atomic E-state index is 0.0290. The number of fused-ring (bicyclic) bond motifs is 1. The zero-order valence-corrected chi connectivity index (χ0v) is 22.1. The van der Waals surface area contributed by atoms with E-state index in [1.54, 1.807) is 18.9 Å². The Balaban J connectivity index is 1.28. The zero-order valence-electron chi connectivity index (χ0n) is 20.6. The van der Waals surface area contributed by atoms with Crippen LogP contribution in [0.5, 0.6) is 5.75 Å². The number of para-hydroxylation sites is 2. The van der Waals surface area contributed by atoms with E-state index in [4.69, 9.17) is 16.3 Å². The summed E-state index contributed by atoms with van der Waals surface area (Å²) in [5, 5.41) is 0.976. The first kappa shape index (κ1) is 25.0. The molecule has 2 amide bonds. The number of hydrogen-bond acceptors (Lipinski definition) is 5. The third-order valence-electron chi connectivity index (χ3n) is 7.33. The number of carbonyl (C=O) groups is 2. The number of hydrogen-bond donors (Lipinski definition) is 0. The van der Waals surface area contributed by atoms with E-state index < -0.39 is 0 Å². The standard InChI is InChI=1S/C28H32ClN3O3S/c1-35-24-11-4-2-9-22(24)30-13-15-31(16-14-30)27(33)19-32-23-10-3-5-12-25(23)36-26(28(32)34)18-20-7-6-8-21(29)17-20/h2,4,6-9,11,17-18,23,25H,3,5,10,12-16,19H2,1H3/b26-18-. The van der Waals surface area contributed by atoms with E-state index in [1.807, 2.05) is 58.3 Å². The first-order valence-corrected chi connectivity index (χ1v) is 13.9. The summed E-state index contributed by atoms with van der Waals surface area (Å²) in [6, 6.07) is 15.6. The van der Waals surface area contributed by atoms with Gasteiger partial charge in [-0.2, -0.15) is 0 Å². The van der Waals surface area contributed by atoms with Crippen LogP contribution in [0.4, 0.5) is 5.69 Å². The average molecular weight is 526 g/mol. The van der Waals surface area contributed by atoms with Gasteiger partial charge in [-0.05, 0) is 48.7 Å². The maximum atomic E-state index is 13.6. The van der Waals surface area contributed by atoms with Crippen LogP contribution in [0.3, 0.4) is 0 Å².